The van der Waals surface area contributed by atoms with Gasteiger partial charge in [-0.1, -0.05) is 32.0 Å². The Morgan fingerprint density at radius 2 is 1.86 bits per heavy atom. The Morgan fingerprint density at radius 1 is 1.14 bits per heavy atom. The quantitative estimate of drug-likeness (QED) is 0.834. The molecular formula is C16H22N2O2S. The lowest BCUT2D eigenvalue weighted by Gasteiger charge is -2.17. The number of rotatable bonds is 5. The van der Waals surface area contributed by atoms with Crippen molar-refractivity contribution in [2.24, 2.45) is 5.92 Å². The van der Waals surface area contributed by atoms with Crippen LogP contribution in [0.5, 0.6) is 0 Å². The minimum atomic E-state index is -3.54. The molecule has 0 aliphatic heterocycles. The highest BCUT2D eigenvalue weighted by Gasteiger charge is 2.20. The molecule has 0 heterocycles. The summed E-state index contributed by atoms with van der Waals surface area (Å²) in [4.78, 5) is 0.301. The molecule has 0 bridgehead atoms. The van der Waals surface area contributed by atoms with Crippen LogP contribution in [-0.4, -0.2) is 14.5 Å². The molecule has 4 nitrogen and oxygen atoms in total. The molecular weight excluding hydrogens is 284 g/mol. The molecule has 0 aliphatic rings. The van der Waals surface area contributed by atoms with Gasteiger partial charge in [0.1, 0.15) is 0 Å². The normalized spacial score (nSPS) is 13.7. The van der Waals surface area contributed by atoms with E-state index in [0.29, 0.717) is 21.9 Å². The fraction of sp³-hybridized carbons (Fsp3) is 0.375. The van der Waals surface area contributed by atoms with E-state index >= 15 is 0 Å². The molecule has 2 rings (SSSR count). The molecule has 1 atom stereocenters. The summed E-state index contributed by atoms with van der Waals surface area (Å²) in [5.41, 5.74) is 6.38. The van der Waals surface area contributed by atoms with Gasteiger partial charge in [0.25, 0.3) is 0 Å². The molecule has 2 aromatic rings. The molecule has 0 saturated carbocycles. The third-order valence-electron chi connectivity index (χ3n) is 3.34. The Balaban J connectivity index is 2.41. The van der Waals surface area contributed by atoms with Gasteiger partial charge >= 0.3 is 0 Å². The Bertz CT molecular complexity index is 739. The molecule has 21 heavy (non-hydrogen) atoms. The second kappa shape index (κ2) is 6.03. The van der Waals surface area contributed by atoms with E-state index in [1.807, 2.05) is 13.0 Å². The second-order valence-electron chi connectivity index (χ2n) is 5.89. The largest absolute Gasteiger partial charge is 0.399 e. The summed E-state index contributed by atoms with van der Waals surface area (Å²) < 4.78 is 27.9. The lowest BCUT2D eigenvalue weighted by Crippen LogP contribution is -2.33. The number of fused-ring (bicyclic) bond motifs is 1. The predicted octanol–water partition coefficient (Wildman–Crippen LogP) is 3.13. The highest BCUT2D eigenvalue weighted by Crippen LogP contribution is 2.25. The first-order valence-corrected chi connectivity index (χ1v) is 8.58. The molecule has 114 valence electrons. The minimum Gasteiger partial charge on any atom is -0.399 e. The van der Waals surface area contributed by atoms with Gasteiger partial charge in [0, 0.05) is 17.1 Å². The summed E-state index contributed by atoms with van der Waals surface area (Å²) in [6.07, 6.45) is 0.803. The van der Waals surface area contributed by atoms with Gasteiger partial charge in [0.2, 0.25) is 10.0 Å². The first-order valence-electron chi connectivity index (χ1n) is 7.10. The van der Waals surface area contributed by atoms with E-state index in [1.165, 1.54) is 0 Å². The first-order chi connectivity index (χ1) is 9.79. The summed E-state index contributed by atoms with van der Waals surface area (Å²) >= 11 is 0. The molecule has 0 saturated heterocycles. The van der Waals surface area contributed by atoms with Crippen LogP contribution in [0.1, 0.15) is 27.2 Å². The van der Waals surface area contributed by atoms with Crippen LogP contribution < -0.4 is 10.5 Å². The Hall–Kier alpha value is -1.59. The van der Waals surface area contributed by atoms with E-state index in [0.717, 1.165) is 11.8 Å². The molecule has 0 aliphatic carbocycles. The SMILES string of the molecule is CC(C)CC(C)NS(=O)(=O)c1cccc2cc(N)ccc12. The summed E-state index contributed by atoms with van der Waals surface area (Å²) in [5.74, 6) is 0.440. The Labute approximate surface area is 126 Å². The van der Waals surface area contributed by atoms with Crippen LogP contribution in [0.15, 0.2) is 41.3 Å². The van der Waals surface area contributed by atoms with Crippen molar-refractivity contribution >= 4 is 26.5 Å². The van der Waals surface area contributed by atoms with Crippen LogP contribution in [0.4, 0.5) is 5.69 Å². The van der Waals surface area contributed by atoms with Crippen LogP contribution in [-0.2, 0) is 10.0 Å². The third-order valence-corrected chi connectivity index (χ3v) is 4.98. The van der Waals surface area contributed by atoms with Gasteiger partial charge in [-0.05, 0) is 42.8 Å². The molecule has 0 fully saturated rings. The summed E-state index contributed by atoms with van der Waals surface area (Å²) in [6.45, 7) is 6.04. The average Bonchev–Trinajstić information content (AvgIpc) is 2.35. The summed E-state index contributed by atoms with van der Waals surface area (Å²) in [7, 11) is -3.54. The molecule has 0 aromatic heterocycles. The highest BCUT2D eigenvalue weighted by molar-refractivity contribution is 7.89. The number of hydrogen-bond donors (Lipinski definition) is 2. The van der Waals surface area contributed by atoms with Crippen LogP contribution in [0, 0.1) is 5.92 Å². The van der Waals surface area contributed by atoms with Gasteiger partial charge in [-0.3, -0.25) is 0 Å². The number of benzene rings is 2. The maximum Gasteiger partial charge on any atom is 0.241 e. The minimum absolute atomic E-state index is 0.0981. The van der Waals surface area contributed by atoms with Crippen LogP contribution >= 0.6 is 0 Å². The molecule has 3 N–H and O–H groups in total. The first kappa shape index (κ1) is 15.8. The number of nitrogens with one attached hydrogen (secondary N) is 1. The third kappa shape index (κ3) is 3.74. The van der Waals surface area contributed by atoms with Crippen molar-refractivity contribution < 1.29 is 8.42 Å². The topological polar surface area (TPSA) is 72.2 Å². The smallest absolute Gasteiger partial charge is 0.241 e. The van der Waals surface area contributed by atoms with E-state index < -0.39 is 10.0 Å². The molecule has 5 heteroatoms. The lowest BCUT2D eigenvalue weighted by molar-refractivity contribution is 0.483. The number of hydrogen-bond acceptors (Lipinski definition) is 3. The monoisotopic (exact) mass is 306 g/mol. The van der Waals surface area contributed by atoms with Crippen LogP contribution in [0.2, 0.25) is 0 Å². The molecule has 0 amide bonds. The Kier molecular flexibility index (Phi) is 4.54. The number of anilines is 1. The molecule has 1 unspecified atom stereocenters. The van der Waals surface area contributed by atoms with Gasteiger partial charge < -0.3 is 5.73 Å². The maximum atomic E-state index is 12.6. The zero-order chi connectivity index (χ0) is 15.6. The summed E-state index contributed by atoms with van der Waals surface area (Å²) in [5, 5.41) is 1.52. The lowest BCUT2D eigenvalue weighted by atomic mass is 10.1. The number of nitrogen functional groups attached to an aromatic ring is 1. The van der Waals surface area contributed by atoms with Crippen molar-refractivity contribution in [1.82, 2.24) is 4.72 Å². The summed E-state index contributed by atoms with van der Waals surface area (Å²) in [6, 6.07) is 10.4. The van der Waals surface area contributed by atoms with Gasteiger partial charge in [-0.15, -0.1) is 0 Å². The van der Waals surface area contributed by atoms with E-state index in [1.54, 1.807) is 30.3 Å². The zero-order valence-corrected chi connectivity index (χ0v) is 13.4. The molecule has 0 spiro atoms. The standard InChI is InChI=1S/C16H22N2O2S/c1-11(2)9-12(3)18-21(19,20)16-6-4-5-13-10-14(17)7-8-15(13)16/h4-8,10-12,18H,9,17H2,1-3H3. The van der Waals surface area contributed by atoms with Crippen molar-refractivity contribution in [3.63, 3.8) is 0 Å². The van der Waals surface area contributed by atoms with Gasteiger partial charge in [-0.2, -0.15) is 0 Å². The molecule has 2 aromatic carbocycles. The van der Waals surface area contributed by atoms with Crippen molar-refractivity contribution in [3.05, 3.63) is 36.4 Å². The molecule has 0 radical (unpaired) electrons. The van der Waals surface area contributed by atoms with Crippen molar-refractivity contribution in [1.29, 1.82) is 0 Å². The zero-order valence-electron chi connectivity index (χ0n) is 12.6. The van der Waals surface area contributed by atoms with Crippen LogP contribution in [0.3, 0.4) is 0 Å². The Morgan fingerprint density at radius 3 is 2.52 bits per heavy atom. The van der Waals surface area contributed by atoms with Gasteiger partial charge in [0.05, 0.1) is 4.90 Å². The van der Waals surface area contributed by atoms with E-state index in [-0.39, 0.29) is 6.04 Å². The van der Waals surface area contributed by atoms with Crippen molar-refractivity contribution in [2.45, 2.75) is 38.1 Å². The average molecular weight is 306 g/mol. The van der Waals surface area contributed by atoms with E-state index in [9.17, 15) is 8.42 Å². The number of nitrogens with two attached hydrogens (primary N) is 1. The van der Waals surface area contributed by atoms with Gasteiger partial charge in [-0.25, -0.2) is 13.1 Å². The van der Waals surface area contributed by atoms with Crippen LogP contribution in [0.25, 0.3) is 10.8 Å². The van der Waals surface area contributed by atoms with E-state index in [4.69, 9.17) is 5.73 Å². The van der Waals surface area contributed by atoms with E-state index in [2.05, 4.69) is 18.6 Å². The van der Waals surface area contributed by atoms with Gasteiger partial charge in [0.15, 0.2) is 0 Å². The number of sulfonamides is 1. The fourth-order valence-electron chi connectivity index (χ4n) is 2.59. The maximum absolute atomic E-state index is 12.6. The highest BCUT2D eigenvalue weighted by atomic mass is 32.2. The van der Waals surface area contributed by atoms with Crippen molar-refractivity contribution in [3.8, 4) is 0 Å². The van der Waals surface area contributed by atoms with Crippen molar-refractivity contribution in [2.75, 3.05) is 5.73 Å². The fourth-order valence-corrected chi connectivity index (χ4v) is 4.08. The second-order valence-corrected chi connectivity index (χ2v) is 7.57. The predicted molar refractivity (Wildman–Crippen MR) is 87.6 cm³/mol.